The largest absolute Gasteiger partial charge is 0.573 e. The molecule has 1 heterocycles. The molecule has 0 saturated carbocycles. The first-order valence-corrected chi connectivity index (χ1v) is 10.1. The van der Waals surface area contributed by atoms with Crippen LogP contribution in [-0.4, -0.2) is 33.8 Å². The van der Waals surface area contributed by atoms with Gasteiger partial charge in [0.05, 0.1) is 16.5 Å². The van der Waals surface area contributed by atoms with Gasteiger partial charge in [-0.1, -0.05) is 0 Å². The second kappa shape index (κ2) is 10.3. The van der Waals surface area contributed by atoms with E-state index in [9.17, 15) is 37.7 Å². The van der Waals surface area contributed by atoms with Crippen LogP contribution in [0, 0.1) is 10.1 Å². The van der Waals surface area contributed by atoms with Crippen molar-refractivity contribution >= 4 is 34.4 Å². The molecule has 3 rings (SSSR count). The molecule has 1 unspecified atom stereocenters. The molecule has 1 aromatic heterocycles. The minimum Gasteiger partial charge on any atom is -0.453 e. The summed E-state index contributed by atoms with van der Waals surface area (Å²) in [7, 11) is 0. The summed E-state index contributed by atoms with van der Waals surface area (Å²) in [5, 5.41) is 13.2. The average molecular weight is 497 g/mol. The number of aryl methyl sites for hydroxylation is 1. The van der Waals surface area contributed by atoms with Crippen LogP contribution in [0.3, 0.4) is 0 Å². The number of nitro groups is 1. The molecule has 186 valence electrons. The van der Waals surface area contributed by atoms with Gasteiger partial charge in [-0.25, -0.2) is 4.79 Å². The van der Waals surface area contributed by atoms with Crippen molar-refractivity contribution in [2.75, 3.05) is 5.32 Å². The number of carbonyl (C=O) groups is 2. The molecule has 11 nitrogen and oxygen atoms in total. The van der Waals surface area contributed by atoms with E-state index in [0.717, 1.165) is 18.2 Å². The molecule has 3 aromatic rings. The third-order valence-corrected chi connectivity index (χ3v) is 4.66. The van der Waals surface area contributed by atoms with Crippen molar-refractivity contribution in [2.45, 2.75) is 38.8 Å². The monoisotopic (exact) mass is 497 g/mol. The number of oxazole rings is 1. The molecule has 1 amide bonds. The van der Waals surface area contributed by atoms with Crippen molar-refractivity contribution in [3.63, 3.8) is 0 Å². The number of alkyl halides is 3. The number of amides is 1. The number of nitrogens with zero attached hydrogens (tertiary/aromatic N) is 2. The molecule has 0 saturated heterocycles. The standard InChI is InChI=1S/C21H18F3N3O8/c1-12(19(29)25-13-4-7-15(8-5-13)35-21(22,23)24)33-18(28)3-2-10-26-16-9-6-14(27(31)32)11-17(16)34-20(26)30/h4-9,11-12H,2-3,10H2,1H3,(H,25,29). The highest BCUT2D eigenvalue weighted by molar-refractivity contribution is 5.95. The summed E-state index contributed by atoms with van der Waals surface area (Å²) in [4.78, 5) is 46.5. The summed E-state index contributed by atoms with van der Waals surface area (Å²) in [6.07, 6.45) is -6.04. The first-order valence-electron chi connectivity index (χ1n) is 10.1. The van der Waals surface area contributed by atoms with E-state index in [-0.39, 0.29) is 36.3 Å². The van der Waals surface area contributed by atoms with E-state index in [1.165, 1.54) is 35.8 Å². The van der Waals surface area contributed by atoms with Crippen LogP contribution in [0.2, 0.25) is 0 Å². The molecule has 0 aliphatic rings. The number of nitro benzene ring substituents is 1. The van der Waals surface area contributed by atoms with E-state index < -0.39 is 40.8 Å². The first-order chi connectivity index (χ1) is 16.4. The van der Waals surface area contributed by atoms with Gasteiger partial charge >= 0.3 is 18.1 Å². The molecule has 1 atom stereocenters. The van der Waals surface area contributed by atoms with E-state index in [1.54, 1.807) is 0 Å². The van der Waals surface area contributed by atoms with Crippen LogP contribution in [-0.2, 0) is 20.9 Å². The Morgan fingerprint density at radius 2 is 1.89 bits per heavy atom. The Hall–Kier alpha value is -4.36. The number of carbonyl (C=O) groups excluding carboxylic acids is 2. The minimum atomic E-state index is -4.84. The van der Waals surface area contributed by atoms with E-state index in [2.05, 4.69) is 10.1 Å². The summed E-state index contributed by atoms with van der Waals surface area (Å²) < 4.78 is 51.6. The predicted octanol–water partition coefficient (Wildman–Crippen LogP) is 3.75. The number of hydrogen-bond acceptors (Lipinski definition) is 8. The van der Waals surface area contributed by atoms with Crippen LogP contribution in [0.25, 0.3) is 11.1 Å². The normalized spacial score (nSPS) is 12.2. The average Bonchev–Trinajstić information content (AvgIpc) is 3.08. The molecular formula is C21H18F3N3O8. The molecule has 0 radical (unpaired) electrons. The Morgan fingerprint density at radius 1 is 1.20 bits per heavy atom. The van der Waals surface area contributed by atoms with Gasteiger partial charge in [0, 0.05) is 24.7 Å². The fourth-order valence-corrected chi connectivity index (χ4v) is 3.06. The molecule has 2 aromatic carbocycles. The van der Waals surface area contributed by atoms with Crippen LogP contribution >= 0.6 is 0 Å². The van der Waals surface area contributed by atoms with Crippen LogP contribution in [0.5, 0.6) is 5.75 Å². The van der Waals surface area contributed by atoms with Gasteiger partial charge in [0.1, 0.15) is 5.75 Å². The number of benzene rings is 2. The van der Waals surface area contributed by atoms with Gasteiger partial charge in [-0.2, -0.15) is 0 Å². The van der Waals surface area contributed by atoms with Gasteiger partial charge < -0.3 is 19.2 Å². The highest BCUT2D eigenvalue weighted by Gasteiger charge is 2.31. The minimum absolute atomic E-state index is 0.0371. The lowest BCUT2D eigenvalue weighted by Crippen LogP contribution is -2.30. The maximum absolute atomic E-state index is 12.2. The molecule has 0 fully saturated rings. The third kappa shape index (κ3) is 6.82. The number of hydrogen-bond donors (Lipinski definition) is 1. The number of anilines is 1. The van der Waals surface area contributed by atoms with Gasteiger partial charge in [0.15, 0.2) is 11.7 Å². The highest BCUT2D eigenvalue weighted by Crippen LogP contribution is 2.24. The lowest BCUT2D eigenvalue weighted by atomic mass is 10.2. The zero-order valence-electron chi connectivity index (χ0n) is 18.0. The fraction of sp³-hybridized carbons (Fsp3) is 0.286. The molecule has 14 heteroatoms. The topological polar surface area (TPSA) is 143 Å². The quantitative estimate of drug-likeness (QED) is 0.268. The Bertz CT molecular complexity index is 1300. The van der Waals surface area contributed by atoms with Crippen molar-refractivity contribution in [1.82, 2.24) is 4.57 Å². The van der Waals surface area contributed by atoms with Gasteiger partial charge in [-0.05, 0) is 43.7 Å². The van der Waals surface area contributed by atoms with Gasteiger partial charge in [0.25, 0.3) is 11.6 Å². The summed E-state index contributed by atoms with van der Waals surface area (Å²) in [5.41, 5.74) is 0.294. The Labute approximate surface area is 194 Å². The summed E-state index contributed by atoms with van der Waals surface area (Å²) in [6, 6.07) is 8.12. The van der Waals surface area contributed by atoms with Crippen molar-refractivity contribution in [1.29, 1.82) is 0 Å². The van der Waals surface area contributed by atoms with Crippen molar-refractivity contribution < 1.29 is 41.6 Å². The number of ether oxygens (including phenoxy) is 2. The number of rotatable bonds is 9. The predicted molar refractivity (Wildman–Crippen MR) is 114 cm³/mol. The molecular weight excluding hydrogens is 479 g/mol. The zero-order chi connectivity index (χ0) is 25.8. The first kappa shape index (κ1) is 25.3. The Kier molecular flexibility index (Phi) is 7.42. The van der Waals surface area contributed by atoms with Crippen molar-refractivity contribution in [3.8, 4) is 5.75 Å². The smallest absolute Gasteiger partial charge is 0.453 e. The molecule has 0 bridgehead atoms. The van der Waals surface area contributed by atoms with Crippen molar-refractivity contribution in [2.24, 2.45) is 0 Å². The van der Waals surface area contributed by atoms with Gasteiger partial charge in [-0.15, -0.1) is 13.2 Å². The number of esters is 1. The molecule has 0 spiro atoms. The second-order valence-corrected chi connectivity index (χ2v) is 7.23. The third-order valence-electron chi connectivity index (χ3n) is 4.66. The van der Waals surface area contributed by atoms with Gasteiger partial charge in [0.2, 0.25) is 0 Å². The second-order valence-electron chi connectivity index (χ2n) is 7.23. The number of halogens is 3. The van der Waals surface area contributed by atoms with Gasteiger partial charge in [-0.3, -0.25) is 24.3 Å². The lowest BCUT2D eigenvalue weighted by molar-refractivity contribution is -0.384. The summed E-state index contributed by atoms with van der Waals surface area (Å²) in [6.45, 7) is 1.38. The number of aromatic nitrogens is 1. The molecule has 35 heavy (non-hydrogen) atoms. The van der Waals surface area contributed by atoms with E-state index in [0.29, 0.717) is 5.52 Å². The van der Waals surface area contributed by atoms with Crippen LogP contribution < -0.4 is 15.8 Å². The van der Waals surface area contributed by atoms with E-state index >= 15 is 0 Å². The number of non-ortho nitro benzene ring substituents is 1. The molecule has 0 aliphatic carbocycles. The number of nitrogens with one attached hydrogen (secondary N) is 1. The van der Waals surface area contributed by atoms with E-state index in [1.807, 2.05) is 0 Å². The Balaban J connectivity index is 1.49. The maximum atomic E-state index is 12.2. The highest BCUT2D eigenvalue weighted by atomic mass is 19.4. The van der Waals surface area contributed by atoms with Crippen molar-refractivity contribution in [3.05, 3.63) is 63.1 Å². The SMILES string of the molecule is CC(OC(=O)CCCn1c(=O)oc2cc([N+](=O)[O-])ccc21)C(=O)Nc1ccc(OC(F)(F)F)cc1. The zero-order valence-corrected chi connectivity index (χ0v) is 18.0. The number of fused-ring (bicyclic) bond motifs is 1. The van der Waals surface area contributed by atoms with Crippen LogP contribution in [0.15, 0.2) is 51.7 Å². The lowest BCUT2D eigenvalue weighted by Gasteiger charge is -2.14. The molecule has 0 aliphatic heterocycles. The molecule has 1 N–H and O–H groups in total. The Morgan fingerprint density at radius 3 is 2.51 bits per heavy atom. The van der Waals surface area contributed by atoms with E-state index in [4.69, 9.17) is 9.15 Å². The maximum Gasteiger partial charge on any atom is 0.573 e. The summed E-state index contributed by atoms with van der Waals surface area (Å²) >= 11 is 0. The van der Waals surface area contributed by atoms with Crippen LogP contribution in [0.4, 0.5) is 24.5 Å². The summed E-state index contributed by atoms with van der Waals surface area (Å²) in [5.74, 6) is -2.63. The fourth-order valence-electron chi connectivity index (χ4n) is 3.06. The van der Waals surface area contributed by atoms with Crippen LogP contribution in [0.1, 0.15) is 19.8 Å².